The minimum atomic E-state index is -0.332. The number of quaternary nitrogens is 1. The zero-order valence-electron chi connectivity index (χ0n) is 18.3. The van der Waals surface area contributed by atoms with E-state index >= 15 is 0 Å². The van der Waals surface area contributed by atoms with E-state index in [0.717, 1.165) is 55.5 Å². The Morgan fingerprint density at radius 2 is 1.77 bits per heavy atom. The van der Waals surface area contributed by atoms with Crippen molar-refractivity contribution >= 4 is 11.6 Å². The lowest BCUT2D eigenvalue weighted by atomic mass is 10.1. The van der Waals surface area contributed by atoms with E-state index in [-0.39, 0.29) is 12.5 Å². The van der Waals surface area contributed by atoms with Crippen LogP contribution in [0.4, 0.5) is 0 Å². The van der Waals surface area contributed by atoms with E-state index in [1.165, 1.54) is 4.90 Å². The molecule has 31 heavy (non-hydrogen) atoms. The molecule has 1 amide bonds. The molecule has 0 atom stereocenters. The van der Waals surface area contributed by atoms with Crippen LogP contribution in [0.5, 0.6) is 17.2 Å². The minimum absolute atomic E-state index is 0.128. The van der Waals surface area contributed by atoms with Gasteiger partial charge in [0.25, 0.3) is 5.91 Å². The number of carbonyl (C=O) groups excluding carboxylic acids is 1. The predicted molar refractivity (Wildman–Crippen MR) is 117 cm³/mol. The Morgan fingerprint density at radius 1 is 1.06 bits per heavy atom. The lowest BCUT2D eigenvalue weighted by molar-refractivity contribution is -0.921. The molecule has 0 aromatic heterocycles. The topological polar surface area (TPSA) is 82.8 Å². The highest BCUT2D eigenvalue weighted by Crippen LogP contribution is 2.20. The number of nitrogens with one attached hydrogen (secondary N) is 2. The van der Waals surface area contributed by atoms with Crippen LogP contribution < -0.4 is 24.5 Å². The Morgan fingerprint density at radius 3 is 2.45 bits per heavy atom. The van der Waals surface area contributed by atoms with Gasteiger partial charge in [-0.15, -0.1) is 0 Å². The number of ether oxygens (including phenoxy) is 4. The van der Waals surface area contributed by atoms with E-state index in [9.17, 15) is 4.79 Å². The summed E-state index contributed by atoms with van der Waals surface area (Å²) < 4.78 is 21.5. The number of benzene rings is 2. The van der Waals surface area contributed by atoms with Crippen molar-refractivity contribution < 1.29 is 28.6 Å². The van der Waals surface area contributed by atoms with E-state index in [0.29, 0.717) is 11.5 Å². The molecule has 1 saturated heterocycles. The van der Waals surface area contributed by atoms with Crippen LogP contribution in [0.15, 0.2) is 47.6 Å². The average molecular weight is 429 g/mol. The molecular weight excluding hydrogens is 398 g/mol. The number of hydrogen-bond donors (Lipinski definition) is 2. The highest BCUT2D eigenvalue weighted by Gasteiger charge is 2.17. The summed E-state index contributed by atoms with van der Waals surface area (Å²) in [6.07, 6.45) is 0. The first-order valence-electron chi connectivity index (χ1n) is 10.3. The van der Waals surface area contributed by atoms with Crippen LogP contribution in [0.25, 0.3) is 0 Å². The molecule has 3 rings (SSSR count). The molecule has 2 aromatic rings. The Labute approximate surface area is 182 Å². The van der Waals surface area contributed by atoms with Gasteiger partial charge < -0.3 is 23.8 Å². The van der Waals surface area contributed by atoms with Crippen LogP contribution in [-0.4, -0.2) is 58.7 Å². The zero-order valence-corrected chi connectivity index (χ0v) is 18.3. The molecule has 2 aromatic carbocycles. The first-order chi connectivity index (χ1) is 15.1. The third kappa shape index (κ3) is 6.70. The van der Waals surface area contributed by atoms with Gasteiger partial charge in [-0.3, -0.25) is 4.79 Å². The fourth-order valence-corrected chi connectivity index (χ4v) is 3.31. The summed E-state index contributed by atoms with van der Waals surface area (Å²) in [7, 11) is 3.27. The van der Waals surface area contributed by atoms with Crippen molar-refractivity contribution in [1.29, 1.82) is 0 Å². The summed E-state index contributed by atoms with van der Waals surface area (Å²) in [5.74, 6) is 1.84. The second kappa shape index (κ2) is 11.3. The van der Waals surface area contributed by atoms with Gasteiger partial charge in [0.2, 0.25) is 0 Å². The maximum absolute atomic E-state index is 12.1. The van der Waals surface area contributed by atoms with Crippen molar-refractivity contribution in [1.82, 2.24) is 5.43 Å². The average Bonchev–Trinajstić information content (AvgIpc) is 2.82. The molecule has 2 N–H and O–H groups in total. The van der Waals surface area contributed by atoms with Crippen LogP contribution in [0.2, 0.25) is 0 Å². The van der Waals surface area contributed by atoms with E-state index < -0.39 is 0 Å². The summed E-state index contributed by atoms with van der Waals surface area (Å²) in [5, 5.41) is 4.23. The fraction of sp³-hybridized carbons (Fsp3) is 0.391. The van der Waals surface area contributed by atoms with Crippen molar-refractivity contribution in [3.63, 3.8) is 0 Å². The van der Waals surface area contributed by atoms with Gasteiger partial charge in [-0.05, 0) is 55.0 Å². The largest absolute Gasteiger partial charge is 0.497 e. The molecule has 1 aliphatic rings. The molecule has 1 fully saturated rings. The molecule has 8 heteroatoms. The Bertz CT molecular complexity index is 893. The van der Waals surface area contributed by atoms with Gasteiger partial charge in [0, 0.05) is 5.56 Å². The van der Waals surface area contributed by atoms with E-state index in [1.807, 2.05) is 19.1 Å². The summed E-state index contributed by atoms with van der Waals surface area (Å²) >= 11 is 0. The van der Waals surface area contributed by atoms with Crippen molar-refractivity contribution in [3.8, 4) is 17.2 Å². The van der Waals surface area contributed by atoms with Crippen LogP contribution in [0.1, 0.15) is 18.1 Å². The number of methoxy groups -OCH3 is 2. The molecule has 0 saturated carbocycles. The van der Waals surface area contributed by atoms with Crippen molar-refractivity contribution in [2.45, 2.75) is 13.5 Å². The van der Waals surface area contributed by atoms with Crippen molar-refractivity contribution in [3.05, 3.63) is 53.6 Å². The molecule has 1 aliphatic heterocycles. The van der Waals surface area contributed by atoms with Crippen molar-refractivity contribution in [2.24, 2.45) is 5.10 Å². The third-order valence-corrected chi connectivity index (χ3v) is 5.12. The number of hydrazone groups is 1. The SMILES string of the molecule is COc1ccc(OCC(=O)N/N=C(/C)c2ccc(OC)c(C[NH+]3CCOCC3)c2)cc1. The molecule has 1 heterocycles. The van der Waals surface area contributed by atoms with Gasteiger partial charge in [-0.25, -0.2) is 5.43 Å². The Kier molecular flexibility index (Phi) is 8.26. The smallest absolute Gasteiger partial charge is 0.277 e. The molecular formula is C23H30N3O5+. The highest BCUT2D eigenvalue weighted by atomic mass is 16.5. The molecule has 8 nitrogen and oxygen atoms in total. The summed E-state index contributed by atoms with van der Waals surface area (Å²) in [6, 6.07) is 13.0. The summed E-state index contributed by atoms with van der Waals surface area (Å²) in [5.41, 5.74) is 5.30. The maximum atomic E-state index is 12.1. The standard InChI is InChI=1S/C23H29N3O5/c1-17(24-25-23(27)16-31-21-7-5-20(28-2)6-8-21)18-4-9-22(29-3)19(14-18)15-26-10-12-30-13-11-26/h4-9,14H,10-13,15-16H2,1-3H3,(H,25,27)/p+1/b24-17-. The first kappa shape index (κ1) is 22.6. The van der Waals surface area contributed by atoms with Crippen LogP contribution in [0.3, 0.4) is 0 Å². The molecule has 0 unspecified atom stereocenters. The van der Waals surface area contributed by atoms with Gasteiger partial charge in [0.15, 0.2) is 6.61 Å². The van der Waals surface area contributed by atoms with Gasteiger partial charge in [0.05, 0.1) is 33.1 Å². The van der Waals surface area contributed by atoms with Gasteiger partial charge in [-0.2, -0.15) is 5.10 Å². The first-order valence-corrected chi connectivity index (χ1v) is 10.3. The van der Waals surface area contributed by atoms with Crippen LogP contribution in [0, 0.1) is 0 Å². The number of rotatable bonds is 9. The molecule has 0 radical (unpaired) electrons. The fourth-order valence-electron chi connectivity index (χ4n) is 3.31. The van der Waals surface area contributed by atoms with E-state index in [4.69, 9.17) is 18.9 Å². The number of carbonyl (C=O) groups is 1. The van der Waals surface area contributed by atoms with Crippen LogP contribution in [-0.2, 0) is 16.1 Å². The molecule has 0 aliphatic carbocycles. The maximum Gasteiger partial charge on any atom is 0.277 e. The van der Waals surface area contributed by atoms with E-state index in [1.54, 1.807) is 38.5 Å². The molecule has 166 valence electrons. The Balaban J connectivity index is 1.57. The number of morpholine rings is 1. The molecule has 0 bridgehead atoms. The number of amides is 1. The zero-order chi connectivity index (χ0) is 22.1. The summed E-state index contributed by atoms with van der Waals surface area (Å²) in [4.78, 5) is 13.6. The monoisotopic (exact) mass is 428 g/mol. The quantitative estimate of drug-likeness (QED) is 0.461. The molecule has 0 spiro atoms. The van der Waals surface area contributed by atoms with E-state index in [2.05, 4.69) is 16.6 Å². The number of nitrogens with zero attached hydrogens (tertiary/aromatic N) is 1. The lowest BCUT2D eigenvalue weighted by Crippen LogP contribution is -3.12. The number of hydrogen-bond acceptors (Lipinski definition) is 6. The third-order valence-electron chi connectivity index (χ3n) is 5.12. The Hall–Kier alpha value is -3.10. The van der Waals surface area contributed by atoms with Gasteiger partial charge in [-0.1, -0.05) is 0 Å². The van der Waals surface area contributed by atoms with Crippen LogP contribution >= 0.6 is 0 Å². The second-order valence-corrected chi connectivity index (χ2v) is 7.26. The van der Waals surface area contributed by atoms with Gasteiger partial charge in [0.1, 0.15) is 36.9 Å². The van der Waals surface area contributed by atoms with Crippen molar-refractivity contribution in [2.75, 3.05) is 47.1 Å². The second-order valence-electron chi connectivity index (χ2n) is 7.26. The lowest BCUT2D eigenvalue weighted by Gasteiger charge is -2.24. The minimum Gasteiger partial charge on any atom is -0.497 e. The van der Waals surface area contributed by atoms with Gasteiger partial charge >= 0.3 is 0 Å². The highest BCUT2D eigenvalue weighted by molar-refractivity contribution is 5.99. The summed E-state index contributed by atoms with van der Waals surface area (Å²) in [6.45, 7) is 6.10. The predicted octanol–water partition coefficient (Wildman–Crippen LogP) is 1.04. The normalized spacial score (nSPS) is 14.7.